The lowest BCUT2D eigenvalue weighted by Crippen LogP contribution is -2.33. The summed E-state index contributed by atoms with van der Waals surface area (Å²) in [6.45, 7) is -1.15. The van der Waals surface area contributed by atoms with Gasteiger partial charge in [-0.05, 0) is 19.1 Å². The van der Waals surface area contributed by atoms with Crippen molar-refractivity contribution in [1.29, 1.82) is 0 Å². The third kappa shape index (κ3) is 4.30. The molecule has 1 atom stereocenters. The van der Waals surface area contributed by atoms with Gasteiger partial charge in [0.2, 0.25) is 0 Å². The van der Waals surface area contributed by atoms with Crippen molar-refractivity contribution in [1.82, 2.24) is 5.32 Å². The molecule has 3 nitrogen and oxygen atoms in total. The summed E-state index contributed by atoms with van der Waals surface area (Å²) in [5.74, 6) is -0.560. The molecule has 1 unspecified atom stereocenters. The number of halogens is 3. The van der Waals surface area contributed by atoms with Gasteiger partial charge < -0.3 is 10.1 Å². The first-order chi connectivity index (χ1) is 8.04. The van der Waals surface area contributed by atoms with Crippen molar-refractivity contribution in [2.75, 3.05) is 5.33 Å². The molecule has 0 spiro atoms. The van der Waals surface area contributed by atoms with Gasteiger partial charge in [-0.15, -0.1) is 0 Å². The molecule has 1 rings (SSSR count). The normalized spacial score (nSPS) is 12.3. The van der Waals surface area contributed by atoms with Crippen LogP contribution in [0, 0.1) is 0 Å². The van der Waals surface area contributed by atoms with Crippen LogP contribution in [0.1, 0.15) is 17.3 Å². The van der Waals surface area contributed by atoms with E-state index in [9.17, 15) is 13.6 Å². The van der Waals surface area contributed by atoms with Crippen molar-refractivity contribution >= 4 is 21.8 Å². The van der Waals surface area contributed by atoms with Crippen LogP contribution < -0.4 is 10.1 Å². The Morgan fingerprint density at radius 1 is 1.47 bits per heavy atom. The Hall–Kier alpha value is -1.17. The van der Waals surface area contributed by atoms with Crippen molar-refractivity contribution in [3.63, 3.8) is 0 Å². The van der Waals surface area contributed by atoms with Crippen molar-refractivity contribution in [2.24, 2.45) is 0 Å². The minimum Gasteiger partial charge on any atom is -0.434 e. The fourth-order valence-electron chi connectivity index (χ4n) is 1.19. The number of hydrogen-bond donors (Lipinski definition) is 1. The molecular weight excluding hydrogens is 296 g/mol. The van der Waals surface area contributed by atoms with E-state index in [2.05, 4.69) is 26.0 Å². The molecule has 0 radical (unpaired) electrons. The second-order valence-corrected chi connectivity index (χ2v) is 4.05. The van der Waals surface area contributed by atoms with Crippen molar-refractivity contribution in [3.05, 3.63) is 29.8 Å². The molecule has 1 amide bonds. The summed E-state index contributed by atoms with van der Waals surface area (Å²) >= 11 is 3.21. The zero-order chi connectivity index (χ0) is 12.8. The lowest BCUT2D eigenvalue weighted by Gasteiger charge is -2.13. The summed E-state index contributed by atoms with van der Waals surface area (Å²) in [7, 11) is 0. The van der Waals surface area contributed by atoms with Crippen molar-refractivity contribution in [2.45, 2.75) is 19.6 Å². The lowest BCUT2D eigenvalue weighted by molar-refractivity contribution is -0.0501. The fraction of sp³-hybridized carbons (Fsp3) is 0.364. The Balaban J connectivity index is 2.85. The number of rotatable bonds is 5. The first kappa shape index (κ1) is 13.9. The zero-order valence-corrected chi connectivity index (χ0v) is 10.7. The van der Waals surface area contributed by atoms with Gasteiger partial charge in [0.05, 0.1) is 5.56 Å². The number of amides is 1. The van der Waals surface area contributed by atoms with E-state index in [0.29, 0.717) is 5.33 Å². The fourth-order valence-corrected chi connectivity index (χ4v) is 1.35. The molecule has 0 fully saturated rings. The maximum atomic E-state index is 12.1. The Kier molecular flexibility index (Phi) is 5.34. The Bertz CT molecular complexity index is 387. The third-order valence-corrected chi connectivity index (χ3v) is 2.93. The Morgan fingerprint density at radius 2 is 2.12 bits per heavy atom. The van der Waals surface area contributed by atoms with Gasteiger partial charge in [0.1, 0.15) is 5.75 Å². The molecule has 0 aliphatic heterocycles. The van der Waals surface area contributed by atoms with Gasteiger partial charge in [-0.25, -0.2) is 0 Å². The van der Waals surface area contributed by atoms with Crippen LogP contribution in [0.25, 0.3) is 0 Å². The van der Waals surface area contributed by atoms with E-state index in [1.54, 1.807) is 13.0 Å². The molecule has 0 aromatic heterocycles. The molecular formula is C11H12BrF2NO2. The molecule has 1 aromatic rings. The number of benzene rings is 1. The number of para-hydroxylation sites is 1. The van der Waals surface area contributed by atoms with Crippen LogP contribution in [-0.4, -0.2) is 23.9 Å². The number of carbonyl (C=O) groups is 1. The Morgan fingerprint density at radius 3 is 2.71 bits per heavy atom. The van der Waals surface area contributed by atoms with Gasteiger partial charge in [-0.1, -0.05) is 28.1 Å². The number of alkyl halides is 3. The third-order valence-electron chi connectivity index (χ3n) is 1.96. The highest BCUT2D eigenvalue weighted by atomic mass is 79.9. The Labute approximate surface area is 106 Å². The maximum absolute atomic E-state index is 12.1. The summed E-state index contributed by atoms with van der Waals surface area (Å²) in [6, 6.07) is 5.80. The summed E-state index contributed by atoms with van der Waals surface area (Å²) in [4.78, 5) is 11.8. The average Bonchev–Trinajstić information content (AvgIpc) is 2.28. The summed E-state index contributed by atoms with van der Waals surface area (Å²) in [6.07, 6.45) is 0. The van der Waals surface area contributed by atoms with E-state index >= 15 is 0 Å². The van der Waals surface area contributed by atoms with E-state index in [4.69, 9.17) is 0 Å². The first-order valence-corrected chi connectivity index (χ1v) is 6.07. The highest BCUT2D eigenvalue weighted by Crippen LogP contribution is 2.20. The van der Waals surface area contributed by atoms with E-state index in [0.717, 1.165) is 0 Å². The molecule has 0 aliphatic rings. The van der Waals surface area contributed by atoms with E-state index in [1.165, 1.54) is 18.2 Å². The van der Waals surface area contributed by atoms with Gasteiger partial charge in [-0.2, -0.15) is 8.78 Å². The van der Waals surface area contributed by atoms with Crippen LogP contribution in [0.5, 0.6) is 5.75 Å². The van der Waals surface area contributed by atoms with Crippen molar-refractivity contribution < 1.29 is 18.3 Å². The highest BCUT2D eigenvalue weighted by molar-refractivity contribution is 9.09. The second kappa shape index (κ2) is 6.54. The van der Waals surface area contributed by atoms with Gasteiger partial charge in [0.25, 0.3) is 5.91 Å². The molecule has 94 valence electrons. The van der Waals surface area contributed by atoms with Crippen LogP contribution in [0.3, 0.4) is 0 Å². The monoisotopic (exact) mass is 307 g/mol. The van der Waals surface area contributed by atoms with E-state index in [-0.39, 0.29) is 17.4 Å². The van der Waals surface area contributed by atoms with Gasteiger partial charge in [0.15, 0.2) is 0 Å². The van der Waals surface area contributed by atoms with E-state index in [1.807, 2.05) is 0 Å². The van der Waals surface area contributed by atoms with Crippen LogP contribution in [0.4, 0.5) is 8.78 Å². The smallest absolute Gasteiger partial charge is 0.387 e. The first-order valence-electron chi connectivity index (χ1n) is 4.95. The minimum absolute atomic E-state index is 0.0953. The minimum atomic E-state index is -2.95. The second-order valence-electron chi connectivity index (χ2n) is 3.40. The van der Waals surface area contributed by atoms with Crippen LogP contribution in [-0.2, 0) is 0 Å². The quantitative estimate of drug-likeness (QED) is 0.850. The molecule has 0 heterocycles. The largest absolute Gasteiger partial charge is 0.434 e. The van der Waals surface area contributed by atoms with Crippen LogP contribution >= 0.6 is 15.9 Å². The van der Waals surface area contributed by atoms with Crippen LogP contribution in [0.2, 0.25) is 0 Å². The van der Waals surface area contributed by atoms with E-state index < -0.39 is 12.5 Å². The molecule has 0 bridgehead atoms. The molecule has 0 saturated carbocycles. The summed E-state index contributed by atoms with van der Waals surface area (Å²) in [5, 5.41) is 3.23. The molecule has 6 heteroatoms. The summed E-state index contributed by atoms with van der Waals surface area (Å²) < 4.78 is 28.5. The SMILES string of the molecule is CC(CBr)NC(=O)c1ccccc1OC(F)F. The number of nitrogens with one attached hydrogen (secondary N) is 1. The van der Waals surface area contributed by atoms with Gasteiger partial charge >= 0.3 is 6.61 Å². The van der Waals surface area contributed by atoms with Gasteiger partial charge in [-0.3, -0.25) is 4.79 Å². The molecule has 0 aliphatic carbocycles. The highest BCUT2D eigenvalue weighted by Gasteiger charge is 2.16. The lowest BCUT2D eigenvalue weighted by atomic mass is 10.2. The predicted octanol–water partition coefficient (Wildman–Crippen LogP) is 2.80. The zero-order valence-electron chi connectivity index (χ0n) is 9.12. The molecule has 1 aromatic carbocycles. The van der Waals surface area contributed by atoms with Crippen molar-refractivity contribution in [3.8, 4) is 5.75 Å². The van der Waals surface area contributed by atoms with Crippen LogP contribution in [0.15, 0.2) is 24.3 Å². The topological polar surface area (TPSA) is 38.3 Å². The predicted molar refractivity (Wildman–Crippen MR) is 63.8 cm³/mol. The number of carbonyl (C=O) groups excluding carboxylic acids is 1. The number of hydrogen-bond acceptors (Lipinski definition) is 2. The van der Waals surface area contributed by atoms with Gasteiger partial charge in [0, 0.05) is 11.4 Å². The molecule has 0 saturated heterocycles. The molecule has 17 heavy (non-hydrogen) atoms. The maximum Gasteiger partial charge on any atom is 0.387 e. The molecule has 1 N–H and O–H groups in total. The summed E-state index contributed by atoms with van der Waals surface area (Å²) in [5.41, 5.74) is 0.0978. The number of ether oxygens (including phenoxy) is 1. The average molecular weight is 308 g/mol. The standard InChI is InChI=1S/C11H12BrF2NO2/c1-7(6-12)15-10(16)8-4-2-3-5-9(8)17-11(13)14/h2-5,7,11H,6H2,1H3,(H,15,16).